The smallest absolute Gasteiger partial charge is 0.269 e. The highest BCUT2D eigenvalue weighted by atomic mass is 16.6. The van der Waals surface area contributed by atoms with E-state index in [2.05, 4.69) is 25.1 Å². The number of hydrogen-bond donors (Lipinski definition) is 1. The van der Waals surface area contributed by atoms with Crippen molar-refractivity contribution in [2.24, 2.45) is 5.73 Å². The van der Waals surface area contributed by atoms with Gasteiger partial charge in [-0.1, -0.05) is 42.0 Å². The van der Waals surface area contributed by atoms with Crippen LogP contribution in [0, 0.1) is 17.0 Å². The number of hydrogen-bond acceptors (Lipinski definition) is 3. The molecule has 0 saturated heterocycles. The predicted molar refractivity (Wildman–Crippen MR) is 84.3 cm³/mol. The molecule has 110 valence electrons. The summed E-state index contributed by atoms with van der Waals surface area (Å²) in [4.78, 5) is 10.2. The normalized spacial score (nSPS) is 12.1. The van der Waals surface area contributed by atoms with E-state index in [1.165, 1.54) is 11.1 Å². The lowest BCUT2D eigenvalue weighted by Gasteiger charge is -2.12. The Balaban J connectivity index is 1.86. The predicted octanol–water partition coefficient (Wildman–Crippen LogP) is 3.41. The fourth-order valence-electron chi connectivity index (χ4n) is 2.38. The average molecular weight is 284 g/mol. The molecule has 0 bridgehead atoms. The lowest BCUT2D eigenvalue weighted by Crippen LogP contribution is -2.23. The molecule has 0 spiro atoms. The summed E-state index contributed by atoms with van der Waals surface area (Å²) in [6.45, 7) is 2.08. The summed E-state index contributed by atoms with van der Waals surface area (Å²) in [6, 6.07) is 15.2. The first-order valence-electron chi connectivity index (χ1n) is 7.09. The first-order chi connectivity index (χ1) is 10.0. The van der Waals surface area contributed by atoms with E-state index < -0.39 is 0 Å². The number of aryl methyl sites for hydroxylation is 2. The zero-order chi connectivity index (χ0) is 15.2. The standard InChI is InChI=1S/C17H20N2O2/c1-13-3-2-4-15(11-13)12-16(18)8-5-14-6-9-17(10-7-14)19(20)21/h2-4,6-7,9-11,16H,5,8,12,18H2,1H3. The van der Waals surface area contributed by atoms with Gasteiger partial charge in [0, 0.05) is 18.2 Å². The maximum Gasteiger partial charge on any atom is 0.269 e. The molecule has 0 aliphatic rings. The van der Waals surface area contributed by atoms with Gasteiger partial charge in [-0.05, 0) is 37.3 Å². The Labute approximate surface area is 124 Å². The maximum atomic E-state index is 10.6. The van der Waals surface area contributed by atoms with Crippen molar-refractivity contribution in [1.29, 1.82) is 0 Å². The van der Waals surface area contributed by atoms with E-state index in [0.29, 0.717) is 0 Å². The number of non-ortho nitro benzene ring substituents is 1. The summed E-state index contributed by atoms with van der Waals surface area (Å²) < 4.78 is 0. The Hall–Kier alpha value is -2.20. The number of nitro groups is 1. The molecule has 0 saturated carbocycles. The first-order valence-corrected chi connectivity index (χ1v) is 7.09. The molecule has 2 N–H and O–H groups in total. The van der Waals surface area contributed by atoms with Crippen molar-refractivity contribution in [3.63, 3.8) is 0 Å². The quantitative estimate of drug-likeness (QED) is 0.653. The van der Waals surface area contributed by atoms with Crippen LogP contribution in [0.1, 0.15) is 23.1 Å². The van der Waals surface area contributed by atoms with Gasteiger partial charge >= 0.3 is 0 Å². The van der Waals surface area contributed by atoms with Crippen molar-refractivity contribution in [2.75, 3.05) is 0 Å². The van der Waals surface area contributed by atoms with E-state index in [1.54, 1.807) is 24.3 Å². The van der Waals surface area contributed by atoms with E-state index in [0.717, 1.165) is 24.8 Å². The van der Waals surface area contributed by atoms with Crippen LogP contribution in [0.2, 0.25) is 0 Å². The van der Waals surface area contributed by atoms with E-state index in [4.69, 9.17) is 5.73 Å². The van der Waals surface area contributed by atoms with Crippen LogP contribution in [0.4, 0.5) is 5.69 Å². The van der Waals surface area contributed by atoms with Gasteiger partial charge in [0.05, 0.1) is 4.92 Å². The second-order valence-corrected chi connectivity index (χ2v) is 5.42. The summed E-state index contributed by atoms with van der Waals surface area (Å²) in [7, 11) is 0. The maximum absolute atomic E-state index is 10.6. The van der Waals surface area contributed by atoms with Crippen LogP contribution in [-0.2, 0) is 12.8 Å². The fourth-order valence-corrected chi connectivity index (χ4v) is 2.38. The number of benzene rings is 2. The molecule has 0 heterocycles. The lowest BCUT2D eigenvalue weighted by atomic mass is 9.99. The second kappa shape index (κ2) is 6.99. The van der Waals surface area contributed by atoms with Crippen molar-refractivity contribution in [1.82, 2.24) is 0 Å². The molecule has 1 atom stereocenters. The molecule has 0 amide bonds. The van der Waals surface area contributed by atoms with Crippen molar-refractivity contribution >= 4 is 5.69 Å². The highest BCUT2D eigenvalue weighted by Gasteiger charge is 2.07. The minimum absolute atomic E-state index is 0.0991. The molecular weight excluding hydrogens is 264 g/mol. The molecular formula is C17H20N2O2. The summed E-state index contributed by atoms with van der Waals surface area (Å²) in [5, 5.41) is 10.6. The third-order valence-corrected chi connectivity index (χ3v) is 3.53. The van der Waals surface area contributed by atoms with Crippen LogP contribution in [0.5, 0.6) is 0 Å². The van der Waals surface area contributed by atoms with Crippen LogP contribution in [0.15, 0.2) is 48.5 Å². The number of nitrogens with zero attached hydrogens (tertiary/aromatic N) is 1. The first kappa shape index (κ1) is 15.2. The van der Waals surface area contributed by atoms with E-state index in [-0.39, 0.29) is 16.7 Å². The van der Waals surface area contributed by atoms with Gasteiger partial charge in [0.1, 0.15) is 0 Å². The van der Waals surface area contributed by atoms with Crippen molar-refractivity contribution < 1.29 is 4.92 Å². The van der Waals surface area contributed by atoms with E-state index in [1.807, 2.05) is 6.07 Å². The molecule has 0 aromatic heterocycles. The minimum atomic E-state index is -0.382. The van der Waals surface area contributed by atoms with Gasteiger partial charge in [0.2, 0.25) is 0 Å². The SMILES string of the molecule is Cc1cccc(CC(N)CCc2ccc([N+](=O)[O-])cc2)c1. The number of rotatable bonds is 6. The fraction of sp³-hybridized carbons (Fsp3) is 0.294. The molecule has 2 rings (SSSR count). The van der Waals surface area contributed by atoms with Gasteiger partial charge in [-0.25, -0.2) is 0 Å². The monoisotopic (exact) mass is 284 g/mol. The third-order valence-electron chi connectivity index (χ3n) is 3.53. The Bertz CT molecular complexity index is 608. The molecule has 0 aliphatic carbocycles. The summed E-state index contributed by atoms with van der Waals surface area (Å²) in [6.07, 6.45) is 2.56. The Morgan fingerprint density at radius 3 is 2.48 bits per heavy atom. The second-order valence-electron chi connectivity index (χ2n) is 5.42. The van der Waals surface area contributed by atoms with Gasteiger partial charge in [0.15, 0.2) is 0 Å². The lowest BCUT2D eigenvalue weighted by molar-refractivity contribution is -0.384. The van der Waals surface area contributed by atoms with Crippen molar-refractivity contribution in [3.8, 4) is 0 Å². The highest BCUT2D eigenvalue weighted by molar-refractivity contribution is 5.33. The zero-order valence-electron chi connectivity index (χ0n) is 12.2. The molecule has 2 aromatic rings. The van der Waals surface area contributed by atoms with Gasteiger partial charge in [-0.3, -0.25) is 10.1 Å². The Kier molecular flexibility index (Phi) is 5.06. The minimum Gasteiger partial charge on any atom is -0.327 e. The average Bonchev–Trinajstić information content (AvgIpc) is 2.45. The van der Waals surface area contributed by atoms with Gasteiger partial charge in [0.25, 0.3) is 5.69 Å². The molecule has 0 radical (unpaired) electrons. The van der Waals surface area contributed by atoms with Crippen LogP contribution in [0.25, 0.3) is 0 Å². The van der Waals surface area contributed by atoms with E-state index >= 15 is 0 Å². The summed E-state index contributed by atoms with van der Waals surface area (Å²) >= 11 is 0. The Morgan fingerprint density at radius 2 is 1.86 bits per heavy atom. The summed E-state index contributed by atoms with van der Waals surface area (Å²) in [5.41, 5.74) is 9.89. The van der Waals surface area contributed by atoms with Gasteiger partial charge in [-0.15, -0.1) is 0 Å². The number of nitrogens with two attached hydrogens (primary N) is 1. The molecule has 21 heavy (non-hydrogen) atoms. The van der Waals surface area contributed by atoms with Crippen LogP contribution >= 0.6 is 0 Å². The topological polar surface area (TPSA) is 69.2 Å². The highest BCUT2D eigenvalue weighted by Crippen LogP contribution is 2.14. The van der Waals surface area contributed by atoms with Crippen LogP contribution in [0.3, 0.4) is 0 Å². The number of nitro benzene ring substituents is 1. The molecule has 0 fully saturated rings. The van der Waals surface area contributed by atoms with Crippen LogP contribution < -0.4 is 5.73 Å². The van der Waals surface area contributed by atoms with E-state index in [9.17, 15) is 10.1 Å². The largest absolute Gasteiger partial charge is 0.327 e. The van der Waals surface area contributed by atoms with Crippen molar-refractivity contribution in [3.05, 3.63) is 75.3 Å². The molecule has 4 heteroatoms. The van der Waals surface area contributed by atoms with Crippen LogP contribution in [-0.4, -0.2) is 11.0 Å². The van der Waals surface area contributed by atoms with Gasteiger partial charge in [-0.2, -0.15) is 0 Å². The van der Waals surface area contributed by atoms with Gasteiger partial charge < -0.3 is 5.73 Å². The third kappa shape index (κ3) is 4.68. The summed E-state index contributed by atoms with van der Waals surface area (Å²) in [5.74, 6) is 0. The molecule has 2 aromatic carbocycles. The molecule has 0 aliphatic heterocycles. The zero-order valence-corrected chi connectivity index (χ0v) is 12.2. The molecule has 1 unspecified atom stereocenters. The molecule has 4 nitrogen and oxygen atoms in total. The van der Waals surface area contributed by atoms with Crippen molar-refractivity contribution in [2.45, 2.75) is 32.2 Å². The Morgan fingerprint density at radius 1 is 1.14 bits per heavy atom.